The molecule has 1 aliphatic rings. The molecule has 1 atom stereocenters. The average molecular weight is 375 g/mol. The zero-order chi connectivity index (χ0) is 19.3. The molecule has 0 unspecified atom stereocenters. The van der Waals surface area contributed by atoms with Crippen molar-refractivity contribution in [1.82, 2.24) is 14.9 Å². The van der Waals surface area contributed by atoms with Crippen molar-refractivity contribution in [3.05, 3.63) is 87.8 Å². The predicted molar refractivity (Wildman–Crippen MR) is 110 cm³/mol. The van der Waals surface area contributed by atoms with E-state index in [-0.39, 0.29) is 11.7 Å². The Labute approximate surface area is 164 Å². The summed E-state index contributed by atoms with van der Waals surface area (Å²) in [5.74, 6) is 0.610. The highest BCUT2D eigenvalue weighted by molar-refractivity contribution is 5.56. The number of benzene rings is 2. The zero-order valence-corrected chi connectivity index (χ0v) is 15.8. The van der Waals surface area contributed by atoms with Gasteiger partial charge in [-0.2, -0.15) is 0 Å². The van der Waals surface area contributed by atoms with Crippen LogP contribution in [0.5, 0.6) is 0 Å². The van der Waals surface area contributed by atoms with Gasteiger partial charge in [0.05, 0.1) is 6.10 Å². The van der Waals surface area contributed by atoms with Crippen molar-refractivity contribution in [2.24, 2.45) is 0 Å². The number of H-pyrrole nitrogens is 1. The Morgan fingerprint density at radius 3 is 2.64 bits per heavy atom. The van der Waals surface area contributed by atoms with E-state index < -0.39 is 0 Å². The molecule has 2 heterocycles. The van der Waals surface area contributed by atoms with Crippen molar-refractivity contribution in [1.29, 1.82) is 0 Å². The molecule has 144 valence electrons. The molecule has 0 amide bonds. The first-order chi connectivity index (χ1) is 13.7. The largest absolute Gasteiger partial charge is 0.392 e. The lowest BCUT2D eigenvalue weighted by atomic mass is 10.1. The SMILES string of the molecule is O=c1cc(CCc2ccccc2)nc(-c2cccc(CN3CC[C@@H](O)C3)c2)[nH]1. The third-order valence-electron chi connectivity index (χ3n) is 5.16. The van der Waals surface area contributed by atoms with Crippen molar-refractivity contribution in [2.45, 2.75) is 31.9 Å². The maximum atomic E-state index is 12.2. The predicted octanol–water partition coefficient (Wildman–Crippen LogP) is 2.79. The molecule has 1 saturated heterocycles. The molecular weight excluding hydrogens is 350 g/mol. The average Bonchev–Trinajstić information content (AvgIpc) is 3.11. The Morgan fingerprint density at radius 1 is 1.04 bits per heavy atom. The van der Waals surface area contributed by atoms with Crippen LogP contribution in [0.25, 0.3) is 11.4 Å². The summed E-state index contributed by atoms with van der Waals surface area (Å²) in [6.45, 7) is 2.42. The molecule has 1 aliphatic heterocycles. The Kier molecular flexibility index (Phi) is 5.65. The normalized spacial score (nSPS) is 17.1. The summed E-state index contributed by atoms with van der Waals surface area (Å²) in [5, 5.41) is 9.71. The van der Waals surface area contributed by atoms with Crippen LogP contribution >= 0.6 is 0 Å². The number of aryl methyl sites for hydroxylation is 2. The highest BCUT2D eigenvalue weighted by Gasteiger charge is 2.20. The van der Waals surface area contributed by atoms with Crippen LogP contribution in [0.1, 0.15) is 23.2 Å². The van der Waals surface area contributed by atoms with E-state index in [1.807, 2.05) is 30.3 Å². The topological polar surface area (TPSA) is 69.2 Å². The highest BCUT2D eigenvalue weighted by Crippen LogP contribution is 2.19. The molecule has 3 aromatic rings. The minimum absolute atomic E-state index is 0.124. The summed E-state index contributed by atoms with van der Waals surface area (Å²) in [5.41, 5.74) is 3.98. The van der Waals surface area contributed by atoms with E-state index in [1.54, 1.807) is 6.07 Å². The fourth-order valence-corrected chi connectivity index (χ4v) is 3.72. The second-order valence-corrected chi connectivity index (χ2v) is 7.45. The van der Waals surface area contributed by atoms with Gasteiger partial charge >= 0.3 is 0 Å². The lowest BCUT2D eigenvalue weighted by Crippen LogP contribution is -2.21. The van der Waals surface area contributed by atoms with E-state index in [2.05, 4.69) is 34.1 Å². The molecule has 5 heteroatoms. The van der Waals surface area contributed by atoms with E-state index in [0.29, 0.717) is 12.4 Å². The molecule has 4 rings (SSSR count). The molecule has 2 aromatic carbocycles. The number of β-amino-alcohol motifs (C(OH)–C–C–N with tert-alkyl or cyclic N) is 1. The van der Waals surface area contributed by atoms with E-state index in [9.17, 15) is 9.90 Å². The summed E-state index contributed by atoms with van der Waals surface area (Å²) in [4.78, 5) is 22.0. The number of aromatic nitrogens is 2. The van der Waals surface area contributed by atoms with Crippen LogP contribution in [-0.2, 0) is 19.4 Å². The van der Waals surface area contributed by atoms with Gasteiger partial charge < -0.3 is 10.1 Å². The minimum Gasteiger partial charge on any atom is -0.392 e. The fourth-order valence-electron chi connectivity index (χ4n) is 3.72. The molecule has 5 nitrogen and oxygen atoms in total. The van der Waals surface area contributed by atoms with Crippen molar-refractivity contribution in [3.8, 4) is 11.4 Å². The summed E-state index contributed by atoms with van der Waals surface area (Å²) in [6.07, 6.45) is 2.20. The molecule has 2 N–H and O–H groups in total. The smallest absolute Gasteiger partial charge is 0.251 e. The van der Waals surface area contributed by atoms with Crippen LogP contribution in [0, 0.1) is 0 Å². The Balaban J connectivity index is 1.51. The van der Waals surface area contributed by atoms with Crippen LogP contribution in [-0.4, -0.2) is 39.2 Å². The number of nitrogens with zero attached hydrogens (tertiary/aromatic N) is 2. The van der Waals surface area contributed by atoms with Gasteiger partial charge in [-0.15, -0.1) is 0 Å². The van der Waals surface area contributed by atoms with Crippen LogP contribution < -0.4 is 5.56 Å². The van der Waals surface area contributed by atoms with E-state index >= 15 is 0 Å². The maximum absolute atomic E-state index is 12.2. The van der Waals surface area contributed by atoms with Crippen LogP contribution in [0.15, 0.2) is 65.5 Å². The summed E-state index contributed by atoms with van der Waals surface area (Å²) in [6, 6.07) is 19.9. The van der Waals surface area contributed by atoms with Crippen molar-refractivity contribution in [3.63, 3.8) is 0 Å². The first-order valence-corrected chi connectivity index (χ1v) is 9.79. The number of aliphatic hydroxyl groups is 1. The molecule has 0 bridgehead atoms. The molecule has 1 fully saturated rings. The Hall–Kier alpha value is -2.76. The number of aliphatic hydroxyl groups excluding tert-OH is 1. The van der Waals surface area contributed by atoms with Crippen molar-refractivity contribution >= 4 is 0 Å². The number of hydrogen-bond donors (Lipinski definition) is 2. The summed E-state index contributed by atoms with van der Waals surface area (Å²) >= 11 is 0. The lowest BCUT2D eigenvalue weighted by molar-refractivity contribution is 0.175. The molecule has 0 spiro atoms. The number of nitrogens with one attached hydrogen (secondary N) is 1. The third-order valence-corrected chi connectivity index (χ3v) is 5.16. The van der Waals surface area contributed by atoms with Crippen LogP contribution in [0.3, 0.4) is 0 Å². The first kappa shape index (κ1) is 18.6. The molecule has 1 aromatic heterocycles. The number of rotatable bonds is 6. The van der Waals surface area contributed by atoms with Crippen LogP contribution in [0.4, 0.5) is 0 Å². The standard InChI is InChI=1S/C23H25N3O2/c27-21-11-12-26(16-21)15-18-7-4-8-19(13-18)23-24-20(14-22(28)25-23)10-9-17-5-2-1-3-6-17/h1-8,13-14,21,27H,9-12,15-16H2,(H,24,25,28)/t21-/m1/s1. The molecule has 0 aliphatic carbocycles. The van der Waals surface area contributed by atoms with Gasteiger partial charge in [0.1, 0.15) is 5.82 Å². The zero-order valence-electron chi connectivity index (χ0n) is 15.8. The molecule has 0 saturated carbocycles. The monoisotopic (exact) mass is 375 g/mol. The summed E-state index contributed by atoms with van der Waals surface area (Å²) in [7, 11) is 0. The maximum Gasteiger partial charge on any atom is 0.251 e. The molecule has 0 radical (unpaired) electrons. The van der Waals surface area contributed by atoms with Gasteiger partial charge in [0.2, 0.25) is 0 Å². The number of aromatic amines is 1. The second kappa shape index (κ2) is 8.50. The Bertz CT molecular complexity index is 984. The van der Waals surface area contributed by atoms with Gasteiger partial charge in [0.25, 0.3) is 5.56 Å². The molecular formula is C23H25N3O2. The Morgan fingerprint density at radius 2 is 1.86 bits per heavy atom. The van der Waals surface area contributed by atoms with Gasteiger partial charge in [-0.25, -0.2) is 4.98 Å². The summed E-state index contributed by atoms with van der Waals surface area (Å²) < 4.78 is 0. The van der Waals surface area contributed by atoms with Crippen molar-refractivity contribution in [2.75, 3.05) is 13.1 Å². The minimum atomic E-state index is -0.220. The lowest BCUT2D eigenvalue weighted by Gasteiger charge is -2.15. The van der Waals surface area contributed by atoms with Gasteiger partial charge in [-0.1, -0.05) is 48.5 Å². The van der Waals surface area contributed by atoms with E-state index in [4.69, 9.17) is 4.98 Å². The molecule has 28 heavy (non-hydrogen) atoms. The number of likely N-dealkylation sites (tertiary alicyclic amines) is 1. The second-order valence-electron chi connectivity index (χ2n) is 7.45. The van der Waals surface area contributed by atoms with Gasteiger partial charge in [-0.3, -0.25) is 9.69 Å². The van der Waals surface area contributed by atoms with Gasteiger partial charge in [-0.05, 0) is 36.5 Å². The van der Waals surface area contributed by atoms with E-state index in [1.165, 1.54) is 5.56 Å². The fraction of sp³-hybridized carbons (Fsp3) is 0.304. The first-order valence-electron chi connectivity index (χ1n) is 9.79. The van der Waals surface area contributed by atoms with Crippen LogP contribution in [0.2, 0.25) is 0 Å². The third kappa shape index (κ3) is 4.74. The quantitative estimate of drug-likeness (QED) is 0.695. The highest BCUT2D eigenvalue weighted by atomic mass is 16.3. The van der Waals surface area contributed by atoms with Crippen molar-refractivity contribution < 1.29 is 5.11 Å². The van der Waals surface area contributed by atoms with Gasteiger partial charge in [0, 0.05) is 37.0 Å². The number of hydrogen-bond acceptors (Lipinski definition) is 4. The van der Waals surface area contributed by atoms with E-state index in [0.717, 1.165) is 49.2 Å². The van der Waals surface area contributed by atoms with Gasteiger partial charge in [0.15, 0.2) is 0 Å².